The lowest BCUT2D eigenvalue weighted by atomic mass is 10.0. The van der Waals surface area contributed by atoms with Crippen molar-refractivity contribution >= 4 is 0 Å². The highest BCUT2D eigenvalue weighted by Crippen LogP contribution is 2.33. The molecule has 0 unspecified atom stereocenters. The molecule has 2 aromatic carbocycles. The van der Waals surface area contributed by atoms with Gasteiger partial charge >= 0.3 is 0 Å². The van der Waals surface area contributed by atoms with Crippen LogP contribution in [0.1, 0.15) is 37.3 Å². The molecule has 1 saturated carbocycles. The molecule has 0 atom stereocenters. The number of hydrogen-bond donors (Lipinski definition) is 0. The SMILES string of the molecule is N#Cc1ccc(-c2ccc(-c3cnnn3C3CCCC3)cc2)c(F)c1. The fourth-order valence-electron chi connectivity index (χ4n) is 3.51. The number of nitriles is 1. The molecule has 124 valence electrons. The first-order valence-corrected chi connectivity index (χ1v) is 8.47. The van der Waals surface area contributed by atoms with E-state index in [9.17, 15) is 4.39 Å². The van der Waals surface area contributed by atoms with Crippen molar-refractivity contribution in [3.8, 4) is 28.5 Å². The Morgan fingerprint density at radius 1 is 1.04 bits per heavy atom. The lowest BCUT2D eigenvalue weighted by Gasteiger charge is -2.13. The second-order valence-corrected chi connectivity index (χ2v) is 6.39. The standard InChI is InChI=1S/C20H17FN4/c21-19-11-14(12-22)5-10-18(19)15-6-8-16(9-7-15)20-13-23-24-25(20)17-3-1-2-4-17/h5-11,13,17H,1-4H2. The Morgan fingerprint density at radius 2 is 1.76 bits per heavy atom. The molecule has 1 aromatic heterocycles. The lowest BCUT2D eigenvalue weighted by Crippen LogP contribution is -2.08. The third-order valence-electron chi connectivity index (χ3n) is 4.84. The van der Waals surface area contributed by atoms with Crippen molar-refractivity contribution in [3.63, 3.8) is 0 Å². The minimum Gasteiger partial charge on any atom is -0.242 e. The number of benzene rings is 2. The highest BCUT2D eigenvalue weighted by atomic mass is 19.1. The molecule has 4 rings (SSSR count). The second kappa shape index (κ2) is 6.48. The van der Waals surface area contributed by atoms with E-state index in [4.69, 9.17) is 5.26 Å². The molecule has 1 fully saturated rings. The van der Waals surface area contributed by atoms with Crippen LogP contribution in [0.5, 0.6) is 0 Å². The maximum absolute atomic E-state index is 14.2. The predicted octanol–water partition coefficient (Wildman–Crippen LogP) is 4.74. The molecule has 0 amide bonds. The summed E-state index contributed by atoms with van der Waals surface area (Å²) in [4.78, 5) is 0. The quantitative estimate of drug-likeness (QED) is 0.696. The third-order valence-corrected chi connectivity index (χ3v) is 4.84. The van der Waals surface area contributed by atoms with Crippen molar-refractivity contribution in [1.29, 1.82) is 5.26 Å². The van der Waals surface area contributed by atoms with Crippen LogP contribution < -0.4 is 0 Å². The minimum absolute atomic E-state index is 0.324. The first kappa shape index (κ1) is 15.5. The molecule has 1 heterocycles. The van der Waals surface area contributed by atoms with Crippen molar-refractivity contribution in [2.24, 2.45) is 0 Å². The predicted molar refractivity (Wildman–Crippen MR) is 93.1 cm³/mol. The van der Waals surface area contributed by atoms with Gasteiger partial charge in [-0.1, -0.05) is 48.4 Å². The zero-order chi connectivity index (χ0) is 17.2. The Kier molecular flexibility index (Phi) is 4.02. The van der Waals surface area contributed by atoms with Gasteiger partial charge in [-0.3, -0.25) is 0 Å². The summed E-state index contributed by atoms with van der Waals surface area (Å²) in [6.45, 7) is 0. The van der Waals surface area contributed by atoms with Crippen LogP contribution in [0.15, 0.2) is 48.7 Å². The maximum atomic E-state index is 14.2. The van der Waals surface area contributed by atoms with E-state index in [0.717, 1.165) is 29.7 Å². The van der Waals surface area contributed by atoms with E-state index >= 15 is 0 Å². The van der Waals surface area contributed by atoms with Gasteiger partial charge in [-0.25, -0.2) is 9.07 Å². The van der Waals surface area contributed by atoms with E-state index in [-0.39, 0.29) is 5.82 Å². The number of aromatic nitrogens is 3. The molecule has 0 spiro atoms. The Labute approximate surface area is 145 Å². The van der Waals surface area contributed by atoms with Crippen molar-refractivity contribution in [2.75, 3.05) is 0 Å². The van der Waals surface area contributed by atoms with Gasteiger partial charge in [0.25, 0.3) is 0 Å². The summed E-state index contributed by atoms with van der Waals surface area (Å²) in [5.74, 6) is -0.385. The summed E-state index contributed by atoms with van der Waals surface area (Å²) >= 11 is 0. The van der Waals surface area contributed by atoms with Crippen molar-refractivity contribution in [3.05, 3.63) is 60.0 Å². The van der Waals surface area contributed by atoms with Crippen LogP contribution in [0.4, 0.5) is 4.39 Å². The Bertz CT molecular complexity index is 931. The first-order valence-electron chi connectivity index (χ1n) is 8.47. The highest BCUT2D eigenvalue weighted by molar-refractivity contribution is 5.69. The summed E-state index contributed by atoms with van der Waals surface area (Å²) in [5.41, 5.74) is 3.62. The monoisotopic (exact) mass is 332 g/mol. The zero-order valence-corrected chi connectivity index (χ0v) is 13.7. The molecule has 1 aliphatic rings. The van der Waals surface area contributed by atoms with Gasteiger partial charge in [-0.15, -0.1) is 5.10 Å². The molecule has 3 aromatic rings. The summed E-state index contributed by atoms with van der Waals surface area (Å²) in [6, 6.07) is 14.6. The average Bonchev–Trinajstić information content (AvgIpc) is 3.33. The van der Waals surface area contributed by atoms with Crippen LogP contribution in [-0.4, -0.2) is 15.0 Å². The first-order chi connectivity index (χ1) is 12.3. The second-order valence-electron chi connectivity index (χ2n) is 6.39. The maximum Gasteiger partial charge on any atom is 0.132 e. The Balaban J connectivity index is 1.65. The van der Waals surface area contributed by atoms with E-state index in [0.29, 0.717) is 17.2 Å². The highest BCUT2D eigenvalue weighted by Gasteiger charge is 2.21. The molecule has 4 nitrogen and oxygen atoms in total. The van der Waals surface area contributed by atoms with Crippen LogP contribution in [0.3, 0.4) is 0 Å². The number of halogens is 1. The van der Waals surface area contributed by atoms with Crippen LogP contribution in [0.2, 0.25) is 0 Å². The number of rotatable bonds is 3. The summed E-state index contributed by atoms with van der Waals surface area (Å²) in [5, 5.41) is 17.2. The molecule has 0 radical (unpaired) electrons. The van der Waals surface area contributed by atoms with Crippen LogP contribution in [0.25, 0.3) is 22.4 Å². The summed E-state index contributed by atoms with van der Waals surface area (Å²) in [7, 11) is 0. The molecule has 5 heteroatoms. The Morgan fingerprint density at radius 3 is 2.44 bits per heavy atom. The molecular formula is C20H17FN4. The van der Waals surface area contributed by atoms with E-state index in [1.165, 1.54) is 18.9 Å². The van der Waals surface area contributed by atoms with E-state index in [1.807, 2.05) is 35.0 Å². The van der Waals surface area contributed by atoms with E-state index in [2.05, 4.69) is 10.3 Å². The van der Waals surface area contributed by atoms with Crippen LogP contribution >= 0.6 is 0 Å². The Hall–Kier alpha value is -3.00. The molecule has 0 aliphatic heterocycles. The van der Waals surface area contributed by atoms with Gasteiger partial charge in [0.05, 0.1) is 29.6 Å². The molecule has 0 N–H and O–H groups in total. The number of hydrogen-bond acceptors (Lipinski definition) is 3. The van der Waals surface area contributed by atoms with E-state index in [1.54, 1.807) is 18.3 Å². The zero-order valence-electron chi connectivity index (χ0n) is 13.7. The third kappa shape index (κ3) is 2.91. The van der Waals surface area contributed by atoms with Gasteiger partial charge < -0.3 is 0 Å². The molecule has 1 aliphatic carbocycles. The fraction of sp³-hybridized carbons (Fsp3) is 0.250. The lowest BCUT2D eigenvalue weighted by molar-refractivity contribution is 0.458. The largest absolute Gasteiger partial charge is 0.242 e. The van der Waals surface area contributed by atoms with Gasteiger partial charge in [-0.2, -0.15) is 5.26 Å². The summed E-state index contributed by atoms with van der Waals surface area (Å²) < 4.78 is 16.2. The van der Waals surface area contributed by atoms with Crippen molar-refractivity contribution in [2.45, 2.75) is 31.7 Å². The van der Waals surface area contributed by atoms with Gasteiger partial charge in [0.2, 0.25) is 0 Å². The van der Waals surface area contributed by atoms with Crippen LogP contribution in [0, 0.1) is 17.1 Å². The molecule has 0 saturated heterocycles. The average molecular weight is 332 g/mol. The number of nitrogens with zero attached hydrogens (tertiary/aromatic N) is 4. The normalized spacial score (nSPS) is 14.6. The van der Waals surface area contributed by atoms with Crippen molar-refractivity contribution in [1.82, 2.24) is 15.0 Å². The van der Waals surface area contributed by atoms with Gasteiger partial charge in [0, 0.05) is 11.1 Å². The smallest absolute Gasteiger partial charge is 0.132 e. The topological polar surface area (TPSA) is 54.5 Å². The molecule has 0 bridgehead atoms. The van der Waals surface area contributed by atoms with Crippen LogP contribution in [-0.2, 0) is 0 Å². The van der Waals surface area contributed by atoms with Gasteiger partial charge in [-0.05, 0) is 30.5 Å². The van der Waals surface area contributed by atoms with Gasteiger partial charge in [0.15, 0.2) is 0 Å². The van der Waals surface area contributed by atoms with Gasteiger partial charge in [0.1, 0.15) is 5.82 Å². The van der Waals surface area contributed by atoms with Crippen molar-refractivity contribution < 1.29 is 4.39 Å². The molecule has 25 heavy (non-hydrogen) atoms. The summed E-state index contributed by atoms with van der Waals surface area (Å²) in [6.07, 6.45) is 6.55. The minimum atomic E-state index is -0.385. The molecular weight excluding hydrogens is 315 g/mol. The fourth-order valence-corrected chi connectivity index (χ4v) is 3.51. The van der Waals surface area contributed by atoms with E-state index < -0.39 is 0 Å².